The molecule has 0 heterocycles. The molecule has 0 radical (unpaired) electrons. The Balaban J connectivity index is 5.33. The molecule has 0 aromatic rings. The third-order valence-electron chi connectivity index (χ3n) is 3.14. The molecule has 6 heteroatoms. The first kappa shape index (κ1) is 16.7. The summed E-state index contributed by atoms with van der Waals surface area (Å²) in [6.45, 7) is 4.04. The zero-order chi connectivity index (χ0) is 14.2. The predicted octanol–water partition coefficient (Wildman–Crippen LogP) is 0.770. The van der Waals surface area contributed by atoms with Crippen molar-refractivity contribution in [1.29, 1.82) is 0 Å². The van der Waals surface area contributed by atoms with Crippen LogP contribution < -0.4 is 5.73 Å². The van der Waals surface area contributed by atoms with Crippen LogP contribution in [0.15, 0.2) is 5.16 Å². The number of hydrogen-bond donors (Lipinski definition) is 3. The van der Waals surface area contributed by atoms with Crippen LogP contribution >= 0.6 is 0 Å². The van der Waals surface area contributed by atoms with E-state index in [1.807, 2.05) is 13.8 Å². The van der Waals surface area contributed by atoms with Crippen LogP contribution in [0.25, 0.3) is 0 Å². The molecule has 0 aromatic heterocycles. The molecule has 106 valence electrons. The summed E-state index contributed by atoms with van der Waals surface area (Å²) in [5, 5.41) is 20.9. The van der Waals surface area contributed by atoms with Gasteiger partial charge in [0, 0.05) is 13.6 Å². The lowest BCUT2D eigenvalue weighted by molar-refractivity contribution is -0.138. The van der Waals surface area contributed by atoms with Crippen molar-refractivity contribution in [3.05, 3.63) is 0 Å². The molecule has 1 amide bonds. The van der Waals surface area contributed by atoms with Crippen LogP contribution in [0, 0.1) is 5.41 Å². The van der Waals surface area contributed by atoms with Gasteiger partial charge in [-0.25, -0.2) is 0 Å². The quantitative estimate of drug-likeness (QED) is 0.259. The summed E-state index contributed by atoms with van der Waals surface area (Å²) in [4.78, 5) is 13.9. The molecule has 0 aromatic carbocycles. The number of likely N-dealkylation sites (N-methyl/N-ethyl adjacent to an activating group) is 1. The number of carbonyl (C=O) groups is 1. The number of amides is 1. The highest BCUT2D eigenvalue weighted by Gasteiger charge is 2.43. The van der Waals surface area contributed by atoms with Crippen molar-refractivity contribution in [1.82, 2.24) is 4.90 Å². The predicted molar refractivity (Wildman–Crippen MR) is 70.4 cm³/mol. The Labute approximate surface area is 108 Å². The number of aliphatic hydroxyl groups is 1. The molecule has 0 atom stereocenters. The number of nitrogens with zero attached hydrogens (tertiary/aromatic N) is 2. The van der Waals surface area contributed by atoms with E-state index < -0.39 is 5.41 Å². The Hall–Kier alpha value is -1.30. The first-order chi connectivity index (χ1) is 8.49. The van der Waals surface area contributed by atoms with E-state index in [4.69, 9.17) is 16.0 Å². The van der Waals surface area contributed by atoms with Crippen LogP contribution in [0.5, 0.6) is 0 Å². The van der Waals surface area contributed by atoms with Gasteiger partial charge in [-0.3, -0.25) is 4.79 Å². The average Bonchev–Trinajstić information content (AvgIpc) is 2.36. The highest BCUT2D eigenvalue weighted by Crippen LogP contribution is 2.32. The van der Waals surface area contributed by atoms with Gasteiger partial charge in [0.25, 0.3) is 0 Å². The topological polar surface area (TPSA) is 99.2 Å². The smallest absolute Gasteiger partial charge is 0.236 e. The largest absolute Gasteiger partial charge is 0.409 e. The van der Waals surface area contributed by atoms with Crippen LogP contribution in [-0.2, 0) is 4.79 Å². The van der Waals surface area contributed by atoms with Gasteiger partial charge >= 0.3 is 0 Å². The van der Waals surface area contributed by atoms with Crippen LogP contribution in [-0.4, -0.2) is 47.2 Å². The molecule has 6 nitrogen and oxygen atoms in total. The molecular formula is C12H25N3O3. The van der Waals surface area contributed by atoms with Crippen LogP contribution in [0.1, 0.15) is 39.5 Å². The maximum atomic E-state index is 12.5. The van der Waals surface area contributed by atoms with E-state index in [-0.39, 0.29) is 24.9 Å². The summed E-state index contributed by atoms with van der Waals surface area (Å²) in [5.41, 5.74) is 4.79. The van der Waals surface area contributed by atoms with Crippen molar-refractivity contribution >= 4 is 11.7 Å². The number of amidine groups is 1. The summed E-state index contributed by atoms with van der Waals surface area (Å²) in [5.74, 6) is -0.239. The highest BCUT2D eigenvalue weighted by atomic mass is 16.4. The maximum Gasteiger partial charge on any atom is 0.236 e. The Bertz CT molecular complexity index is 286. The number of rotatable bonds is 8. The number of carbonyl (C=O) groups excluding carboxylic acids is 1. The Morgan fingerprint density at radius 1 is 1.33 bits per heavy atom. The first-order valence-electron chi connectivity index (χ1n) is 6.34. The van der Waals surface area contributed by atoms with Gasteiger partial charge in [-0.15, -0.1) is 0 Å². The Morgan fingerprint density at radius 2 is 1.83 bits per heavy atom. The SMILES string of the molecule is CCCC(CCC)(C(=O)N(C)CCO)C(N)=NO. The van der Waals surface area contributed by atoms with Crippen molar-refractivity contribution < 1.29 is 15.1 Å². The van der Waals surface area contributed by atoms with E-state index >= 15 is 0 Å². The van der Waals surface area contributed by atoms with Crippen LogP contribution in [0.4, 0.5) is 0 Å². The van der Waals surface area contributed by atoms with Gasteiger partial charge < -0.3 is 20.9 Å². The molecular weight excluding hydrogens is 234 g/mol. The molecule has 0 aliphatic rings. The second-order valence-corrected chi connectivity index (χ2v) is 4.52. The van der Waals surface area contributed by atoms with Crippen molar-refractivity contribution in [3.8, 4) is 0 Å². The Morgan fingerprint density at radius 3 is 2.17 bits per heavy atom. The maximum absolute atomic E-state index is 12.5. The third-order valence-corrected chi connectivity index (χ3v) is 3.14. The van der Waals surface area contributed by atoms with Gasteiger partial charge in [0.15, 0.2) is 5.84 Å². The molecule has 0 saturated carbocycles. The van der Waals surface area contributed by atoms with Gasteiger partial charge in [0.2, 0.25) is 5.91 Å². The first-order valence-corrected chi connectivity index (χ1v) is 6.34. The average molecular weight is 259 g/mol. The fourth-order valence-corrected chi connectivity index (χ4v) is 2.27. The molecule has 18 heavy (non-hydrogen) atoms. The van der Waals surface area contributed by atoms with Gasteiger partial charge in [-0.1, -0.05) is 31.8 Å². The lowest BCUT2D eigenvalue weighted by Crippen LogP contribution is -2.51. The normalized spacial score (nSPS) is 12.6. The number of aliphatic hydroxyl groups excluding tert-OH is 1. The minimum atomic E-state index is -0.956. The molecule has 0 rings (SSSR count). The summed E-state index contributed by atoms with van der Waals surface area (Å²) < 4.78 is 0. The van der Waals surface area contributed by atoms with Crippen molar-refractivity contribution in [2.24, 2.45) is 16.3 Å². The van der Waals surface area contributed by atoms with E-state index in [0.717, 1.165) is 12.8 Å². The fourth-order valence-electron chi connectivity index (χ4n) is 2.27. The summed E-state index contributed by atoms with van der Waals surface area (Å²) >= 11 is 0. The fraction of sp³-hybridized carbons (Fsp3) is 0.833. The standard InChI is InChI=1S/C12H25N3O3/c1-4-6-12(7-5-2,10(13)14-18)11(17)15(3)8-9-16/h16,18H,4-9H2,1-3H3,(H2,13,14). The van der Waals surface area contributed by atoms with Crippen molar-refractivity contribution in [2.75, 3.05) is 20.2 Å². The monoisotopic (exact) mass is 259 g/mol. The highest BCUT2D eigenvalue weighted by molar-refractivity contribution is 6.06. The van der Waals surface area contributed by atoms with Gasteiger partial charge in [0.1, 0.15) is 5.41 Å². The molecule has 0 aliphatic heterocycles. The number of nitrogens with two attached hydrogens (primary N) is 1. The summed E-state index contributed by atoms with van der Waals surface area (Å²) in [6.07, 6.45) is 2.58. The molecule has 0 unspecified atom stereocenters. The molecule has 0 aliphatic carbocycles. The zero-order valence-corrected chi connectivity index (χ0v) is 11.5. The summed E-state index contributed by atoms with van der Waals surface area (Å²) in [6, 6.07) is 0. The minimum Gasteiger partial charge on any atom is -0.409 e. The summed E-state index contributed by atoms with van der Waals surface area (Å²) in [7, 11) is 1.61. The minimum absolute atomic E-state index is 0.0408. The lowest BCUT2D eigenvalue weighted by Gasteiger charge is -2.34. The van der Waals surface area contributed by atoms with E-state index in [0.29, 0.717) is 12.8 Å². The van der Waals surface area contributed by atoms with Crippen LogP contribution in [0.2, 0.25) is 0 Å². The van der Waals surface area contributed by atoms with Gasteiger partial charge in [-0.05, 0) is 12.8 Å². The lowest BCUT2D eigenvalue weighted by atomic mass is 9.76. The molecule has 0 saturated heterocycles. The van der Waals surface area contributed by atoms with Gasteiger partial charge in [0.05, 0.1) is 6.61 Å². The second-order valence-electron chi connectivity index (χ2n) is 4.52. The van der Waals surface area contributed by atoms with Crippen molar-refractivity contribution in [2.45, 2.75) is 39.5 Å². The molecule has 0 spiro atoms. The number of hydrogen-bond acceptors (Lipinski definition) is 4. The van der Waals surface area contributed by atoms with Gasteiger partial charge in [-0.2, -0.15) is 0 Å². The molecule has 0 bridgehead atoms. The Kier molecular flexibility index (Phi) is 7.35. The van der Waals surface area contributed by atoms with Crippen molar-refractivity contribution in [3.63, 3.8) is 0 Å². The molecule has 4 N–H and O–H groups in total. The zero-order valence-electron chi connectivity index (χ0n) is 11.5. The third kappa shape index (κ3) is 3.60. The number of oxime groups is 1. The van der Waals surface area contributed by atoms with Crippen LogP contribution in [0.3, 0.4) is 0 Å². The van der Waals surface area contributed by atoms with E-state index in [1.54, 1.807) is 7.05 Å². The van der Waals surface area contributed by atoms with E-state index in [1.165, 1.54) is 4.90 Å². The second kappa shape index (κ2) is 7.92. The van der Waals surface area contributed by atoms with E-state index in [2.05, 4.69) is 5.16 Å². The molecule has 0 fully saturated rings. The van der Waals surface area contributed by atoms with E-state index in [9.17, 15) is 4.79 Å².